The van der Waals surface area contributed by atoms with E-state index in [0.29, 0.717) is 0 Å². The molecule has 0 aliphatic rings. The summed E-state index contributed by atoms with van der Waals surface area (Å²) in [6.07, 6.45) is 0. The van der Waals surface area contributed by atoms with Gasteiger partial charge in [0.25, 0.3) is 0 Å². The van der Waals surface area contributed by atoms with E-state index in [9.17, 15) is 0 Å². The highest BCUT2D eigenvalue weighted by Crippen LogP contribution is 2.07. The van der Waals surface area contributed by atoms with Gasteiger partial charge >= 0.3 is 0 Å². The molecule has 0 aromatic carbocycles. The SMILES string of the molecule is C=CSC(=C)NC. The van der Waals surface area contributed by atoms with Gasteiger partial charge in [-0.05, 0) is 5.41 Å². The van der Waals surface area contributed by atoms with Gasteiger partial charge in [0.05, 0.1) is 5.03 Å². The molecule has 0 heterocycles. The largest absolute Gasteiger partial charge is 0.383 e. The number of nitrogens with one attached hydrogen (secondary N) is 1. The summed E-state index contributed by atoms with van der Waals surface area (Å²) in [5.41, 5.74) is 0. The molecule has 0 aromatic rings. The second-order valence-electron chi connectivity index (χ2n) is 0.958. The summed E-state index contributed by atoms with van der Waals surface area (Å²) < 4.78 is 0. The van der Waals surface area contributed by atoms with Crippen LogP contribution in [0.5, 0.6) is 0 Å². The van der Waals surface area contributed by atoms with Crippen molar-refractivity contribution in [3.8, 4) is 0 Å². The molecule has 0 fully saturated rings. The normalized spacial score (nSPS) is 7.57. The fourth-order valence-corrected chi connectivity index (χ4v) is 0.479. The summed E-state index contributed by atoms with van der Waals surface area (Å²) in [6.45, 7) is 7.15. The molecule has 0 aliphatic heterocycles. The molecular weight excluding hydrogens is 106 g/mol. The predicted octanol–water partition coefficient (Wildman–Crippen LogP) is 1.55. The fraction of sp³-hybridized carbons (Fsp3) is 0.200. The fourth-order valence-electron chi connectivity index (χ4n) is 0.160. The maximum Gasteiger partial charge on any atom is 0.0647 e. The van der Waals surface area contributed by atoms with Crippen molar-refractivity contribution in [2.45, 2.75) is 0 Å². The number of hydrogen-bond donors (Lipinski definition) is 1. The second kappa shape index (κ2) is 3.81. The molecule has 0 radical (unpaired) electrons. The molecule has 7 heavy (non-hydrogen) atoms. The monoisotopic (exact) mass is 115 g/mol. The Morgan fingerprint density at radius 1 is 1.86 bits per heavy atom. The van der Waals surface area contributed by atoms with Crippen LogP contribution >= 0.6 is 11.8 Å². The van der Waals surface area contributed by atoms with E-state index in [-0.39, 0.29) is 0 Å². The molecule has 0 saturated carbocycles. The van der Waals surface area contributed by atoms with E-state index in [2.05, 4.69) is 18.5 Å². The molecule has 0 atom stereocenters. The molecule has 0 rings (SSSR count). The maximum atomic E-state index is 3.64. The third kappa shape index (κ3) is 3.46. The highest BCUT2D eigenvalue weighted by atomic mass is 32.2. The first-order valence-electron chi connectivity index (χ1n) is 1.95. The van der Waals surface area contributed by atoms with E-state index in [4.69, 9.17) is 0 Å². The van der Waals surface area contributed by atoms with E-state index < -0.39 is 0 Å². The summed E-state index contributed by atoms with van der Waals surface area (Å²) in [6, 6.07) is 0. The molecule has 40 valence electrons. The van der Waals surface area contributed by atoms with Crippen LogP contribution in [0, 0.1) is 0 Å². The predicted molar refractivity (Wildman–Crippen MR) is 36.0 cm³/mol. The third-order valence-corrected chi connectivity index (χ3v) is 1.16. The molecule has 0 aliphatic carbocycles. The van der Waals surface area contributed by atoms with Crippen LogP contribution < -0.4 is 5.32 Å². The first kappa shape index (κ1) is 6.63. The minimum atomic E-state index is 0.926. The third-order valence-electron chi connectivity index (χ3n) is 0.504. The van der Waals surface area contributed by atoms with E-state index in [1.807, 2.05) is 7.05 Å². The average molecular weight is 115 g/mol. The lowest BCUT2D eigenvalue weighted by atomic mass is 11.0. The molecule has 0 saturated heterocycles. The van der Waals surface area contributed by atoms with Gasteiger partial charge in [-0.1, -0.05) is 24.9 Å². The standard InChI is InChI=1S/C5H9NS/c1-4-7-5(2)6-3/h4,6H,1-2H2,3H3. The van der Waals surface area contributed by atoms with Gasteiger partial charge < -0.3 is 5.32 Å². The van der Waals surface area contributed by atoms with Crippen molar-refractivity contribution in [3.05, 3.63) is 23.6 Å². The first-order valence-corrected chi connectivity index (χ1v) is 2.83. The van der Waals surface area contributed by atoms with E-state index in [1.165, 1.54) is 11.8 Å². The van der Waals surface area contributed by atoms with Gasteiger partial charge in [0, 0.05) is 7.05 Å². The molecule has 0 unspecified atom stereocenters. The summed E-state index contributed by atoms with van der Waals surface area (Å²) in [4.78, 5) is 0. The number of hydrogen-bond acceptors (Lipinski definition) is 2. The Labute approximate surface area is 48.5 Å². The average Bonchev–Trinajstić information content (AvgIpc) is 1.68. The van der Waals surface area contributed by atoms with Crippen LogP contribution in [0.1, 0.15) is 0 Å². The van der Waals surface area contributed by atoms with Crippen LogP contribution in [-0.2, 0) is 0 Å². The van der Waals surface area contributed by atoms with Crippen LogP contribution in [0.2, 0.25) is 0 Å². The molecule has 0 bridgehead atoms. The molecule has 1 N–H and O–H groups in total. The maximum absolute atomic E-state index is 3.64. The quantitative estimate of drug-likeness (QED) is 0.599. The Kier molecular flexibility index (Phi) is 3.61. The van der Waals surface area contributed by atoms with Crippen molar-refractivity contribution in [1.29, 1.82) is 0 Å². The van der Waals surface area contributed by atoms with Gasteiger partial charge in [-0.2, -0.15) is 0 Å². The minimum Gasteiger partial charge on any atom is -0.383 e. The van der Waals surface area contributed by atoms with E-state index >= 15 is 0 Å². The number of rotatable bonds is 3. The van der Waals surface area contributed by atoms with Crippen LogP contribution in [0.15, 0.2) is 23.6 Å². The van der Waals surface area contributed by atoms with Crippen LogP contribution in [0.3, 0.4) is 0 Å². The Balaban J connectivity index is 3.17. The number of thioether (sulfide) groups is 1. The van der Waals surface area contributed by atoms with Crippen molar-refractivity contribution in [2.24, 2.45) is 0 Å². The Morgan fingerprint density at radius 2 is 2.43 bits per heavy atom. The smallest absolute Gasteiger partial charge is 0.0647 e. The summed E-state index contributed by atoms with van der Waals surface area (Å²) in [5, 5.41) is 5.52. The molecule has 0 spiro atoms. The Hall–Kier alpha value is -0.370. The van der Waals surface area contributed by atoms with Gasteiger partial charge in [0.2, 0.25) is 0 Å². The highest BCUT2D eigenvalue weighted by molar-refractivity contribution is 8.05. The lowest BCUT2D eigenvalue weighted by Gasteiger charge is -1.95. The van der Waals surface area contributed by atoms with Crippen molar-refractivity contribution in [2.75, 3.05) is 7.05 Å². The van der Waals surface area contributed by atoms with Gasteiger partial charge in [0.1, 0.15) is 0 Å². The van der Waals surface area contributed by atoms with Gasteiger partial charge in [-0.25, -0.2) is 0 Å². The zero-order valence-electron chi connectivity index (χ0n) is 4.40. The zero-order chi connectivity index (χ0) is 5.70. The van der Waals surface area contributed by atoms with Gasteiger partial charge in [-0.15, -0.1) is 0 Å². The molecule has 1 nitrogen and oxygen atoms in total. The Morgan fingerprint density at radius 3 is 2.57 bits per heavy atom. The van der Waals surface area contributed by atoms with Crippen molar-refractivity contribution >= 4 is 11.8 Å². The molecule has 0 amide bonds. The van der Waals surface area contributed by atoms with Crippen LogP contribution in [0.4, 0.5) is 0 Å². The molecular formula is C5H9NS. The van der Waals surface area contributed by atoms with Crippen molar-refractivity contribution < 1.29 is 0 Å². The zero-order valence-corrected chi connectivity index (χ0v) is 5.22. The highest BCUT2D eigenvalue weighted by Gasteiger charge is 1.78. The topological polar surface area (TPSA) is 12.0 Å². The van der Waals surface area contributed by atoms with E-state index in [0.717, 1.165) is 5.03 Å². The molecule has 0 aromatic heterocycles. The van der Waals surface area contributed by atoms with Crippen LogP contribution in [0.25, 0.3) is 0 Å². The lowest BCUT2D eigenvalue weighted by Crippen LogP contribution is -1.98. The minimum absolute atomic E-state index is 0.926. The Bertz CT molecular complexity index is 78.1. The first-order chi connectivity index (χ1) is 3.31. The van der Waals surface area contributed by atoms with Crippen molar-refractivity contribution in [3.63, 3.8) is 0 Å². The molecule has 2 heteroatoms. The summed E-state index contributed by atoms with van der Waals surface area (Å²) in [7, 11) is 1.83. The summed E-state index contributed by atoms with van der Waals surface area (Å²) >= 11 is 1.49. The lowest BCUT2D eigenvalue weighted by molar-refractivity contribution is 1.09. The summed E-state index contributed by atoms with van der Waals surface area (Å²) in [5.74, 6) is 0. The second-order valence-corrected chi connectivity index (χ2v) is 2.02. The van der Waals surface area contributed by atoms with Crippen LogP contribution in [-0.4, -0.2) is 7.05 Å². The van der Waals surface area contributed by atoms with E-state index in [1.54, 1.807) is 5.41 Å². The van der Waals surface area contributed by atoms with Crippen molar-refractivity contribution in [1.82, 2.24) is 5.32 Å². The van der Waals surface area contributed by atoms with Gasteiger partial charge in [-0.3, -0.25) is 0 Å². The van der Waals surface area contributed by atoms with Gasteiger partial charge in [0.15, 0.2) is 0 Å².